The number of hydrogen-bond acceptors (Lipinski definition) is 16. The first-order chi connectivity index (χ1) is 21.0. The first-order valence-corrected chi connectivity index (χ1v) is 14.0. The van der Waals surface area contributed by atoms with Crippen LogP contribution in [0.1, 0.15) is 30.9 Å². The predicted molar refractivity (Wildman–Crippen MR) is 151 cm³/mol. The fourth-order valence-corrected chi connectivity index (χ4v) is 5.41. The Morgan fingerprint density at radius 3 is 2.55 bits per heavy atom. The molecular weight excluding hydrogens is 584 g/mol. The molecule has 19 heteroatoms. The molecule has 5 heterocycles. The molecule has 0 amide bonds. The average molecular weight is 621 g/mol. The summed E-state index contributed by atoms with van der Waals surface area (Å²) in [5.74, 6) is -1.05. The average Bonchev–Trinajstić information content (AvgIpc) is 3.66. The maximum absolute atomic E-state index is 12.6. The Hall–Kier alpha value is -3.82. The fraction of sp³-hybridized carbons (Fsp3) is 0.600. The maximum Gasteiger partial charge on any atom is 0.351 e. The lowest BCUT2D eigenvalue weighted by molar-refractivity contribution is -0.138. The number of carboxylic acid groups (broad SMARTS) is 1. The Bertz CT molecular complexity index is 1540. The topological polar surface area (TPSA) is 296 Å². The third-order valence-corrected chi connectivity index (χ3v) is 7.96. The van der Waals surface area contributed by atoms with Crippen LogP contribution in [0.4, 0.5) is 11.6 Å². The molecular formula is C25H36N10O9. The molecule has 0 bridgehead atoms. The highest BCUT2D eigenvalue weighted by Gasteiger charge is 2.45. The van der Waals surface area contributed by atoms with Gasteiger partial charge in [-0.2, -0.15) is 4.98 Å². The summed E-state index contributed by atoms with van der Waals surface area (Å²) < 4.78 is 14.3. The Morgan fingerprint density at radius 1 is 1.07 bits per heavy atom. The molecule has 11 N–H and O–H groups in total. The van der Waals surface area contributed by atoms with Crippen molar-refractivity contribution < 1.29 is 39.8 Å². The highest BCUT2D eigenvalue weighted by molar-refractivity contribution is 5.81. The number of carbonyl (C=O) groups is 1. The SMILES string of the molecule is Nc1nc(=O)n([C@H]2C[C@H](O)[C@@H](CO)O2)cc1CCN(CC[C@H](N)C(=O)O)C[C@H]1O[C@@H](n2cnc3c(N)ncnc32)[C@H](O)[C@@H]1O. The number of aliphatic hydroxyl groups is 4. The van der Waals surface area contributed by atoms with Crippen LogP contribution in [-0.4, -0.2) is 128 Å². The quantitative estimate of drug-likeness (QED) is 0.0961. The highest BCUT2D eigenvalue weighted by Crippen LogP contribution is 2.33. The van der Waals surface area contributed by atoms with Crippen LogP contribution in [0, 0.1) is 0 Å². The normalized spacial score (nSPS) is 27.8. The number of aromatic nitrogens is 6. The third-order valence-electron chi connectivity index (χ3n) is 7.96. The lowest BCUT2D eigenvalue weighted by atomic mass is 10.1. The molecule has 5 rings (SSSR count). The number of rotatable bonds is 12. The second-order valence-corrected chi connectivity index (χ2v) is 10.9. The molecule has 0 radical (unpaired) electrons. The molecule has 44 heavy (non-hydrogen) atoms. The summed E-state index contributed by atoms with van der Waals surface area (Å²) in [6.45, 7) is 0.0725. The van der Waals surface area contributed by atoms with Crippen molar-refractivity contribution in [2.24, 2.45) is 5.73 Å². The van der Waals surface area contributed by atoms with Gasteiger partial charge in [0.2, 0.25) is 0 Å². The van der Waals surface area contributed by atoms with E-state index >= 15 is 0 Å². The van der Waals surface area contributed by atoms with Crippen LogP contribution < -0.4 is 22.9 Å². The van der Waals surface area contributed by atoms with Crippen molar-refractivity contribution in [2.75, 3.05) is 37.7 Å². The Labute approximate surface area is 249 Å². The van der Waals surface area contributed by atoms with Gasteiger partial charge in [-0.15, -0.1) is 0 Å². The summed E-state index contributed by atoms with van der Waals surface area (Å²) in [5.41, 5.74) is 18.1. The van der Waals surface area contributed by atoms with Gasteiger partial charge in [-0.25, -0.2) is 19.7 Å². The van der Waals surface area contributed by atoms with Crippen LogP contribution in [0.25, 0.3) is 11.2 Å². The first kappa shape index (κ1) is 31.6. The first-order valence-electron chi connectivity index (χ1n) is 14.0. The van der Waals surface area contributed by atoms with Crippen LogP contribution in [0.15, 0.2) is 23.6 Å². The second kappa shape index (κ2) is 13.0. The Kier molecular flexibility index (Phi) is 9.37. The summed E-state index contributed by atoms with van der Waals surface area (Å²) in [6.07, 6.45) is -2.85. The molecule has 2 aliphatic heterocycles. The van der Waals surface area contributed by atoms with E-state index in [1.165, 1.54) is 28.0 Å². The zero-order valence-corrected chi connectivity index (χ0v) is 23.5. The smallest absolute Gasteiger partial charge is 0.351 e. The van der Waals surface area contributed by atoms with Crippen molar-refractivity contribution in [1.29, 1.82) is 0 Å². The number of anilines is 2. The molecule has 0 saturated carbocycles. The molecule has 0 aromatic carbocycles. The number of ether oxygens (including phenoxy) is 2. The van der Waals surface area contributed by atoms with Crippen molar-refractivity contribution in [3.63, 3.8) is 0 Å². The van der Waals surface area contributed by atoms with Crippen molar-refractivity contribution in [3.05, 3.63) is 34.9 Å². The lowest BCUT2D eigenvalue weighted by Crippen LogP contribution is -2.43. The fourth-order valence-electron chi connectivity index (χ4n) is 5.41. The van der Waals surface area contributed by atoms with E-state index in [2.05, 4.69) is 19.9 Å². The summed E-state index contributed by atoms with van der Waals surface area (Å²) in [7, 11) is 0. The minimum absolute atomic E-state index is 0.0217. The molecule has 2 aliphatic rings. The van der Waals surface area contributed by atoms with Crippen molar-refractivity contribution in [3.8, 4) is 0 Å². The van der Waals surface area contributed by atoms with E-state index < -0.39 is 67.3 Å². The van der Waals surface area contributed by atoms with E-state index in [-0.39, 0.29) is 50.5 Å². The molecule has 0 unspecified atom stereocenters. The van der Waals surface area contributed by atoms with E-state index in [0.717, 1.165) is 0 Å². The van der Waals surface area contributed by atoms with E-state index in [1.807, 2.05) is 0 Å². The van der Waals surface area contributed by atoms with Gasteiger partial charge in [0, 0.05) is 37.8 Å². The van der Waals surface area contributed by atoms with E-state index in [9.17, 15) is 35.1 Å². The van der Waals surface area contributed by atoms with Crippen LogP contribution in [0.5, 0.6) is 0 Å². The summed E-state index contributed by atoms with van der Waals surface area (Å²) in [5, 5.41) is 50.6. The van der Waals surface area contributed by atoms with Crippen LogP contribution >= 0.6 is 0 Å². The van der Waals surface area contributed by atoms with Crippen molar-refractivity contribution in [2.45, 2.75) is 68.3 Å². The van der Waals surface area contributed by atoms with Gasteiger partial charge < -0.3 is 57.1 Å². The minimum Gasteiger partial charge on any atom is -0.480 e. The van der Waals surface area contributed by atoms with Gasteiger partial charge in [0.1, 0.15) is 54.3 Å². The number of nitrogens with zero attached hydrogens (tertiary/aromatic N) is 7. The largest absolute Gasteiger partial charge is 0.480 e. The zero-order valence-electron chi connectivity index (χ0n) is 23.5. The molecule has 8 atom stereocenters. The van der Waals surface area contributed by atoms with Gasteiger partial charge in [0.15, 0.2) is 17.7 Å². The maximum atomic E-state index is 12.6. The number of imidazole rings is 1. The number of fused-ring (bicyclic) bond motifs is 1. The molecule has 19 nitrogen and oxygen atoms in total. The standard InChI is InChI=1S/C25H36N10O9/c26-12(24(40)41)2-4-33(3-1-11-6-34(25(42)32-20(11)27)16-5-13(37)15(8-36)43-16)7-14-18(38)19(39)23(44-14)35-10-31-17-21(28)29-9-30-22(17)35/h6,9-10,12-16,18-19,23,36-39H,1-5,7-8,26H2,(H,40,41)(H2,27,32,42)(H2,28,29,30)/t12-,13-,14+,15+,16+,18+,19+,23+/m0/s1. The predicted octanol–water partition coefficient (Wildman–Crippen LogP) is -3.85. The van der Waals surface area contributed by atoms with Gasteiger partial charge in [-0.1, -0.05) is 0 Å². The summed E-state index contributed by atoms with van der Waals surface area (Å²) >= 11 is 0. The van der Waals surface area contributed by atoms with Crippen molar-refractivity contribution >= 4 is 28.8 Å². The second-order valence-electron chi connectivity index (χ2n) is 10.9. The summed E-state index contributed by atoms with van der Waals surface area (Å²) in [6, 6.07) is -1.15. The van der Waals surface area contributed by atoms with E-state index in [4.69, 9.17) is 26.7 Å². The molecule has 0 spiro atoms. The van der Waals surface area contributed by atoms with E-state index in [1.54, 1.807) is 4.90 Å². The van der Waals surface area contributed by atoms with Crippen LogP contribution in [0.2, 0.25) is 0 Å². The number of carboxylic acids is 1. The Morgan fingerprint density at radius 2 is 1.84 bits per heavy atom. The summed E-state index contributed by atoms with van der Waals surface area (Å²) in [4.78, 5) is 41.9. The highest BCUT2D eigenvalue weighted by atomic mass is 16.6. The minimum atomic E-state index is -1.36. The molecule has 3 aromatic rings. The van der Waals surface area contributed by atoms with Crippen molar-refractivity contribution in [1.82, 2.24) is 34.0 Å². The molecule has 2 fully saturated rings. The van der Waals surface area contributed by atoms with E-state index in [0.29, 0.717) is 16.7 Å². The third kappa shape index (κ3) is 6.35. The van der Waals surface area contributed by atoms with Gasteiger partial charge >= 0.3 is 11.7 Å². The van der Waals surface area contributed by atoms with Gasteiger partial charge in [0.05, 0.1) is 19.0 Å². The van der Waals surface area contributed by atoms with Gasteiger partial charge in [-0.3, -0.25) is 13.9 Å². The van der Waals surface area contributed by atoms with Gasteiger partial charge in [-0.05, 0) is 12.8 Å². The lowest BCUT2D eigenvalue weighted by Gasteiger charge is -2.27. The number of aliphatic carboxylic acids is 1. The number of hydrogen-bond donors (Lipinski definition) is 8. The number of aliphatic hydroxyl groups excluding tert-OH is 4. The van der Waals surface area contributed by atoms with Crippen LogP contribution in [-0.2, 0) is 20.7 Å². The van der Waals surface area contributed by atoms with Crippen LogP contribution in [0.3, 0.4) is 0 Å². The van der Waals surface area contributed by atoms with Gasteiger partial charge in [0.25, 0.3) is 0 Å². The molecule has 2 saturated heterocycles. The number of nitrogens with two attached hydrogens (primary N) is 3. The molecule has 240 valence electrons. The zero-order chi connectivity index (χ0) is 31.7. The molecule has 3 aromatic heterocycles. The number of nitrogen functional groups attached to an aromatic ring is 2. The Balaban J connectivity index is 1.33. The monoisotopic (exact) mass is 620 g/mol. The molecule has 0 aliphatic carbocycles.